The van der Waals surface area contributed by atoms with E-state index in [9.17, 15) is 5.11 Å². The fraction of sp³-hybridized carbons (Fsp3) is 0.615. The molecule has 0 amide bonds. The van der Waals surface area contributed by atoms with Gasteiger partial charge in [0.05, 0.1) is 5.69 Å². The lowest BCUT2D eigenvalue weighted by atomic mass is 9.93. The highest BCUT2D eigenvalue weighted by molar-refractivity contribution is 5.27. The molecule has 0 atom stereocenters. The largest absolute Gasteiger partial charge is 0.506 e. The summed E-state index contributed by atoms with van der Waals surface area (Å²) < 4.78 is 0. The third-order valence-electron chi connectivity index (χ3n) is 3.22. The van der Waals surface area contributed by atoms with Crippen LogP contribution in [-0.2, 0) is 6.54 Å². The van der Waals surface area contributed by atoms with E-state index in [0.29, 0.717) is 11.2 Å². The molecule has 0 bridgehead atoms. The van der Waals surface area contributed by atoms with E-state index in [2.05, 4.69) is 23.7 Å². The fourth-order valence-electron chi connectivity index (χ4n) is 2.29. The number of aromatic hydroxyl groups is 1. The lowest BCUT2D eigenvalue weighted by molar-refractivity contribution is 0.277. The first-order valence-electron chi connectivity index (χ1n) is 5.84. The van der Waals surface area contributed by atoms with Gasteiger partial charge in [-0.05, 0) is 37.4 Å². The molecule has 16 heavy (non-hydrogen) atoms. The van der Waals surface area contributed by atoms with E-state index in [1.807, 2.05) is 13.0 Å². The van der Waals surface area contributed by atoms with Crippen molar-refractivity contribution in [2.45, 2.75) is 33.7 Å². The second kappa shape index (κ2) is 4.06. The van der Waals surface area contributed by atoms with Gasteiger partial charge in [-0.1, -0.05) is 13.8 Å². The Balaban J connectivity index is 2.07. The van der Waals surface area contributed by atoms with Gasteiger partial charge in [-0.2, -0.15) is 0 Å². The smallest absolute Gasteiger partial charge is 0.138 e. The quantitative estimate of drug-likeness (QED) is 0.831. The van der Waals surface area contributed by atoms with Crippen molar-refractivity contribution in [2.24, 2.45) is 5.41 Å². The van der Waals surface area contributed by atoms with Crippen LogP contribution in [0.3, 0.4) is 0 Å². The van der Waals surface area contributed by atoms with E-state index in [0.717, 1.165) is 31.0 Å². The van der Waals surface area contributed by atoms with Crippen molar-refractivity contribution in [1.82, 2.24) is 9.88 Å². The molecule has 3 heteroatoms. The summed E-state index contributed by atoms with van der Waals surface area (Å²) in [5.41, 5.74) is 2.17. The Morgan fingerprint density at radius 2 is 2.19 bits per heavy atom. The lowest BCUT2D eigenvalue weighted by Crippen LogP contribution is -2.23. The highest BCUT2D eigenvalue weighted by atomic mass is 16.3. The molecule has 88 valence electrons. The van der Waals surface area contributed by atoms with Gasteiger partial charge in [-0.25, -0.2) is 0 Å². The predicted molar refractivity (Wildman–Crippen MR) is 64.3 cm³/mol. The van der Waals surface area contributed by atoms with Crippen molar-refractivity contribution in [3.05, 3.63) is 23.5 Å². The van der Waals surface area contributed by atoms with E-state index in [-0.39, 0.29) is 0 Å². The zero-order valence-corrected chi connectivity index (χ0v) is 10.3. The van der Waals surface area contributed by atoms with Crippen molar-refractivity contribution >= 4 is 0 Å². The van der Waals surface area contributed by atoms with Gasteiger partial charge in [0.1, 0.15) is 5.75 Å². The van der Waals surface area contributed by atoms with Crippen LogP contribution in [0, 0.1) is 12.3 Å². The second-order valence-corrected chi connectivity index (χ2v) is 5.54. The third kappa shape index (κ3) is 2.53. The zero-order chi connectivity index (χ0) is 11.8. The number of likely N-dealkylation sites (tertiary alicyclic amines) is 1. The maximum Gasteiger partial charge on any atom is 0.138 e. The maximum absolute atomic E-state index is 9.74. The molecular weight excluding hydrogens is 200 g/mol. The van der Waals surface area contributed by atoms with Crippen LogP contribution in [-0.4, -0.2) is 28.1 Å². The van der Waals surface area contributed by atoms with Gasteiger partial charge in [0.2, 0.25) is 0 Å². The van der Waals surface area contributed by atoms with Gasteiger partial charge in [0, 0.05) is 18.8 Å². The van der Waals surface area contributed by atoms with Gasteiger partial charge in [-0.15, -0.1) is 0 Å². The Kier molecular flexibility index (Phi) is 2.89. The molecule has 0 spiro atoms. The first-order valence-corrected chi connectivity index (χ1v) is 5.84. The molecule has 0 aromatic carbocycles. The molecule has 1 fully saturated rings. The minimum atomic E-state index is 0.315. The van der Waals surface area contributed by atoms with Crippen LogP contribution in [0.15, 0.2) is 12.1 Å². The summed E-state index contributed by atoms with van der Waals surface area (Å²) in [5.74, 6) is 0.315. The Labute approximate surface area is 97.1 Å². The van der Waals surface area contributed by atoms with Crippen molar-refractivity contribution in [3.8, 4) is 5.75 Å². The Morgan fingerprint density at radius 3 is 2.81 bits per heavy atom. The van der Waals surface area contributed by atoms with Crippen LogP contribution < -0.4 is 0 Å². The van der Waals surface area contributed by atoms with E-state index < -0.39 is 0 Å². The number of aromatic nitrogens is 1. The molecule has 0 aliphatic carbocycles. The lowest BCUT2D eigenvalue weighted by Gasteiger charge is -2.19. The summed E-state index contributed by atoms with van der Waals surface area (Å²) in [5, 5.41) is 9.74. The topological polar surface area (TPSA) is 36.4 Å². The number of hydrogen-bond acceptors (Lipinski definition) is 3. The third-order valence-corrected chi connectivity index (χ3v) is 3.22. The molecule has 0 radical (unpaired) electrons. The average molecular weight is 220 g/mol. The molecule has 3 nitrogen and oxygen atoms in total. The van der Waals surface area contributed by atoms with Crippen molar-refractivity contribution in [3.63, 3.8) is 0 Å². The number of aryl methyl sites for hydroxylation is 1. The standard InChI is InChI=1S/C13H20N2O/c1-10-4-5-12(16)11(14-10)8-15-7-6-13(2,3)9-15/h4-5,16H,6-9H2,1-3H3. The first kappa shape index (κ1) is 11.4. The highest BCUT2D eigenvalue weighted by Crippen LogP contribution is 2.30. The summed E-state index contributed by atoms with van der Waals surface area (Å²) in [6.07, 6.45) is 1.22. The van der Waals surface area contributed by atoms with Crippen molar-refractivity contribution in [1.29, 1.82) is 0 Å². The van der Waals surface area contributed by atoms with Crippen LogP contribution in [0.5, 0.6) is 5.75 Å². The second-order valence-electron chi connectivity index (χ2n) is 5.54. The van der Waals surface area contributed by atoms with E-state index >= 15 is 0 Å². The fourth-order valence-corrected chi connectivity index (χ4v) is 2.29. The van der Waals surface area contributed by atoms with Crippen LogP contribution >= 0.6 is 0 Å². The van der Waals surface area contributed by atoms with Crippen molar-refractivity contribution < 1.29 is 5.11 Å². The Bertz CT molecular complexity index is 388. The Hall–Kier alpha value is -1.09. The van der Waals surface area contributed by atoms with E-state index in [4.69, 9.17) is 0 Å². The van der Waals surface area contributed by atoms with Gasteiger partial charge in [-0.3, -0.25) is 9.88 Å². The Morgan fingerprint density at radius 1 is 1.44 bits per heavy atom. The van der Waals surface area contributed by atoms with Crippen LogP contribution in [0.4, 0.5) is 0 Å². The summed E-state index contributed by atoms with van der Waals surface area (Å²) in [6.45, 7) is 9.48. The predicted octanol–water partition coefficient (Wildman–Crippen LogP) is 2.33. The van der Waals surface area contributed by atoms with E-state index in [1.165, 1.54) is 6.42 Å². The summed E-state index contributed by atoms with van der Waals surface area (Å²) >= 11 is 0. The number of nitrogens with zero attached hydrogens (tertiary/aromatic N) is 2. The number of pyridine rings is 1. The number of hydrogen-bond donors (Lipinski definition) is 1. The van der Waals surface area contributed by atoms with Crippen LogP contribution in [0.2, 0.25) is 0 Å². The molecular formula is C13H20N2O. The summed E-state index contributed by atoms with van der Waals surface area (Å²) in [4.78, 5) is 6.75. The van der Waals surface area contributed by atoms with E-state index in [1.54, 1.807) is 6.07 Å². The molecule has 1 aromatic heterocycles. The SMILES string of the molecule is Cc1ccc(O)c(CN2CCC(C)(C)C2)n1. The normalized spacial score (nSPS) is 20.2. The minimum Gasteiger partial charge on any atom is -0.506 e. The summed E-state index contributed by atoms with van der Waals surface area (Å²) in [6, 6.07) is 3.58. The molecule has 2 rings (SSSR count). The van der Waals surface area contributed by atoms with Crippen LogP contribution in [0.25, 0.3) is 0 Å². The maximum atomic E-state index is 9.74. The van der Waals surface area contributed by atoms with Crippen LogP contribution in [0.1, 0.15) is 31.7 Å². The molecule has 0 saturated carbocycles. The molecule has 1 saturated heterocycles. The van der Waals surface area contributed by atoms with Crippen molar-refractivity contribution in [2.75, 3.05) is 13.1 Å². The highest BCUT2D eigenvalue weighted by Gasteiger charge is 2.29. The number of rotatable bonds is 2. The molecule has 0 unspecified atom stereocenters. The molecule has 2 heterocycles. The minimum absolute atomic E-state index is 0.315. The summed E-state index contributed by atoms with van der Waals surface area (Å²) in [7, 11) is 0. The molecule has 1 aliphatic heterocycles. The monoisotopic (exact) mass is 220 g/mol. The van der Waals surface area contributed by atoms with Gasteiger partial charge in [0.25, 0.3) is 0 Å². The van der Waals surface area contributed by atoms with Gasteiger partial charge >= 0.3 is 0 Å². The zero-order valence-electron chi connectivity index (χ0n) is 10.3. The molecule has 1 aromatic rings. The molecule has 1 aliphatic rings. The molecule has 1 N–H and O–H groups in total. The average Bonchev–Trinajstić information content (AvgIpc) is 2.52. The first-order chi connectivity index (χ1) is 7.46. The van der Waals surface area contributed by atoms with Gasteiger partial charge in [0.15, 0.2) is 0 Å². The van der Waals surface area contributed by atoms with Gasteiger partial charge < -0.3 is 5.11 Å².